The summed E-state index contributed by atoms with van der Waals surface area (Å²) in [6, 6.07) is -1.42. The number of carbonyl (C=O) groups excluding carboxylic acids is 4. The highest BCUT2D eigenvalue weighted by Gasteiger charge is 2.26. The third-order valence-electron chi connectivity index (χ3n) is 6.98. The van der Waals surface area contributed by atoms with Gasteiger partial charge in [0.15, 0.2) is 22.8 Å². The molecule has 0 saturated carbocycles. The van der Waals surface area contributed by atoms with Gasteiger partial charge in [-0.25, -0.2) is 19.9 Å². The number of oxazole rings is 4. The lowest BCUT2D eigenvalue weighted by Gasteiger charge is -2.14. The molecule has 0 radical (unpaired) electrons. The molecule has 1 aliphatic heterocycles. The second-order valence-electron chi connectivity index (χ2n) is 10.4. The van der Waals surface area contributed by atoms with Crippen molar-refractivity contribution < 1.29 is 36.8 Å². The molecule has 18 heteroatoms. The maximum Gasteiger partial charge on any atom is 0.273 e. The zero-order valence-electron chi connectivity index (χ0n) is 24.7. The van der Waals surface area contributed by atoms with Crippen molar-refractivity contribution in [2.75, 3.05) is 13.1 Å². The van der Waals surface area contributed by atoms with Crippen molar-refractivity contribution in [1.82, 2.24) is 41.2 Å². The van der Waals surface area contributed by atoms with Crippen LogP contribution in [0.3, 0.4) is 0 Å². The molecule has 244 valence electrons. The Morgan fingerprint density at radius 1 is 0.565 bits per heavy atom. The normalized spacial score (nSPS) is 17.9. The molecular weight excluding hydrogens is 604 g/mol. The van der Waals surface area contributed by atoms with E-state index in [9.17, 15) is 19.2 Å². The smallest absolute Gasteiger partial charge is 0.273 e. The van der Waals surface area contributed by atoms with Crippen molar-refractivity contribution >= 4 is 23.6 Å². The minimum atomic E-state index is -0.709. The molecular formula is C28H34N10O8. The Bertz CT molecular complexity index is 1540. The van der Waals surface area contributed by atoms with Crippen molar-refractivity contribution in [2.24, 2.45) is 11.5 Å². The number of unbranched alkanes of at least 4 members (excludes halogenated alkanes) is 2. The summed E-state index contributed by atoms with van der Waals surface area (Å²) >= 11 is 0. The topological polar surface area (TPSA) is 273 Å². The number of carbonyl (C=O) groups is 4. The number of hydrogen-bond donors (Lipinski definition) is 6. The molecule has 2 atom stereocenters. The molecule has 5 heterocycles. The van der Waals surface area contributed by atoms with E-state index in [0.717, 1.165) is 25.1 Å². The highest BCUT2D eigenvalue weighted by molar-refractivity contribution is 5.94. The van der Waals surface area contributed by atoms with E-state index in [4.69, 9.17) is 29.1 Å². The predicted molar refractivity (Wildman–Crippen MR) is 155 cm³/mol. The summed E-state index contributed by atoms with van der Waals surface area (Å²) in [6.07, 6.45) is 8.12. The number of nitrogens with two attached hydrogens (primary N) is 2. The Kier molecular flexibility index (Phi) is 10.5. The fourth-order valence-electron chi connectivity index (χ4n) is 4.55. The van der Waals surface area contributed by atoms with Crippen LogP contribution in [0, 0.1) is 0 Å². The van der Waals surface area contributed by atoms with Crippen LogP contribution in [-0.2, 0) is 13.1 Å². The number of nitrogens with one attached hydrogen (secondary N) is 4. The van der Waals surface area contributed by atoms with Gasteiger partial charge in [-0.1, -0.05) is 0 Å². The maximum atomic E-state index is 13.1. The molecule has 0 aromatic carbocycles. The Morgan fingerprint density at radius 2 is 0.957 bits per heavy atom. The van der Waals surface area contributed by atoms with Gasteiger partial charge in [0, 0.05) is 0 Å². The average Bonchev–Trinajstić information content (AvgIpc) is 3.88. The van der Waals surface area contributed by atoms with Crippen LogP contribution in [0.15, 0.2) is 42.7 Å². The summed E-state index contributed by atoms with van der Waals surface area (Å²) in [5, 5.41) is 10.8. The van der Waals surface area contributed by atoms with Crippen LogP contribution in [0.2, 0.25) is 0 Å². The first-order valence-corrected chi connectivity index (χ1v) is 14.7. The van der Waals surface area contributed by atoms with E-state index < -0.39 is 35.7 Å². The van der Waals surface area contributed by atoms with Gasteiger partial charge < -0.3 is 50.4 Å². The zero-order valence-corrected chi connectivity index (χ0v) is 24.7. The predicted octanol–water partition coefficient (Wildman–Crippen LogP) is 1.01. The molecule has 4 amide bonds. The van der Waals surface area contributed by atoms with Crippen LogP contribution < -0.4 is 32.7 Å². The van der Waals surface area contributed by atoms with Crippen molar-refractivity contribution in [2.45, 2.75) is 63.7 Å². The van der Waals surface area contributed by atoms with Crippen LogP contribution in [0.4, 0.5) is 0 Å². The Balaban J connectivity index is 1.40. The molecule has 18 nitrogen and oxygen atoms in total. The van der Waals surface area contributed by atoms with Gasteiger partial charge in [-0.05, 0) is 51.6 Å². The average molecular weight is 639 g/mol. The summed E-state index contributed by atoms with van der Waals surface area (Å²) in [5.41, 5.74) is 11.1. The number of nitrogens with zero attached hydrogens (tertiary/aromatic N) is 4. The summed E-state index contributed by atoms with van der Waals surface area (Å²) in [6.45, 7) is 0.593. The Hall–Kier alpha value is -5.36. The molecule has 0 aliphatic carbocycles. The van der Waals surface area contributed by atoms with Crippen LogP contribution >= 0.6 is 0 Å². The Labute approximate surface area is 261 Å². The molecule has 5 rings (SSSR count). The second-order valence-corrected chi connectivity index (χ2v) is 10.4. The SMILES string of the molecule is NCCCCC1NC(=O)c2coc(n2)CNC(=O)c2coc(n2)C(CCCCN)NC(=O)c2coc(n2)CNC(=O)c2coc1n2. The third kappa shape index (κ3) is 8.02. The first-order valence-electron chi connectivity index (χ1n) is 14.7. The first-order chi connectivity index (χ1) is 22.3. The molecule has 4 aromatic heterocycles. The van der Waals surface area contributed by atoms with Gasteiger partial charge in [-0.2, -0.15) is 0 Å². The highest BCUT2D eigenvalue weighted by Crippen LogP contribution is 2.22. The van der Waals surface area contributed by atoms with Crippen LogP contribution in [0.5, 0.6) is 0 Å². The zero-order chi connectivity index (χ0) is 32.5. The highest BCUT2D eigenvalue weighted by atomic mass is 16.4. The van der Waals surface area contributed by atoms with E-state index in [1.807, 2.05) is 0 Å². The van der Waals surface area contributed by atoms with E-state index >= 15 is 0 Å². The number of fused-ring (bicyclic) bond motifs is 8. The summed E-state index contributed by atoms with van der Waals surface area (Å²) in [5.74, 6) is -2.03. The van der Waals surface area contributed by atoms with E-state index in [1.54, 1.807) is 0 Å². The van der Waals surface area contributed by atoms with E-state index in [2.05, 4.69) is 41.2 Å². The number of rotatable bonds is 8. The van der Waals surface area contributed by atoms with Crippen LogP contribution in [0.25, 0.3) is 0 Å². The number of aromatic nitrogens is 4. The molecule has 4 aromatic rings. The fraction of sp³-hybridized carbons (Fsp3) is 0.429. The van der Waals surface area contributed by atoms with E-state index in [1.165, 1.54) is 0 Å². The molecule has 0 fully saturated rings. The monoisotopic (exact) mass is 638 g/mol. The van der Waals surface area contributed by atoms with Gasteiger partial charge in [0.25, 0.3) is 23.6 Å². The summed E-state index contributed by atoms with van der Waals surface area (Å²) in [7, 11) is 0. The molecule has 8 bridgehead atoms. The number of amides is 4. The largest absolute Gasteiger partial charge is 0.446 e. The number of hydrogen-bond acceptors (Lipinski definition) is 14. The molecule has 0 spiro atoms. The maximum absolute atomic E-state index is 13.1. The van der Waals surface area contributed by atoms with Gasteiger partial charge in [0.05, 0.1) is 13.1 Å². The van der Waals surface area contributed by atoms with Gasteiger partial charge in [0.2, 0.25) is 23.6 Å². The van der Waals surface area contributed by atoms with Gasteiger partial charge in [-0.15, -0.1) is 0 Å². The second kappa shape index (κ2) is 15.1. The first kappa shape index (κ1) is 32.0. The Morgan fingerprint density at radius 3 is 1.37 bits per heavy atom. The summed E-state index contributed by atoms with van der Waals surface area (Å²) < 4.78 is 21.9. The van der Waals surface area contributed by atoms with Gasteiger partial charge in [0.1, 0.15) is 37.1 Å². The third-order valence-corrected chi connectivity index (χ3v) is 6.98. The molecule has 0 saturated heterocycles. The quantitative estimate of drug-likeness (QED) is 0.147. The van der Waals surface area contributed by atoms with Crippen molar-refractivity contribution in [3.8, 4) is 0 Å². The standard InChI is InChI=1S/C28H34N10O8/c29-7-3-1-5-15-27-37-17(13-45-27)23(39)31-10-22-34-20(12-44-22)26(42)36-16(6-2-4-8-30)28-38-18(14-46-28)24(40)32-9-21-33-19(11-43-21)25(41)35-15/h11-16H,1-10,29-30H2,(H,31,39)(H,32,40)(H,35,41)(H,36,42). The minimum absolute atomic E-state index is 0.0443. The van der Waals surface area contributed by atoms with Crippen LogP contribution in [0.1, 0.15) is 116 Å². The van der Waals surface area contributed by atoms with Crippen molar-refractivity contribution in [3.05, 3.63) is 71.4 Å². The van der Waals surface area contributed by atoms with Crippen LogP contribution in [-0.4, -0.2) is 56.7 Å². The minimum Gasteiger partial charge on any atom is -0.446 e. The van der Waals surface area contributed by atoms with Gasteiger partial charge in [-0.3, -0.25) is 19.2 Å². The fourth-order valence-corrected chi connectivity index (χ4v) is 4.55. The molecule has 8 N–H and O–H groups in total. The van der Waals surface area contributed by atoms with E-state index in [-0.39, 0.29) is 59.4 Å². The van der Waals surface area contributed by atoms with Crippen molar-refractivity contribution in [1.29, 1.82) is 0 Å². The van der Waals surface area contributed by atoms with Gasteiger partial charge >= 0.3 is 0 Å². The lowest BCUT2D eigenvalue weighted by Crippen LogP contribution is -2.30. The summed E-state index contributed by atoms with van der Waals surface area (Å²) in [4.78, 5) is 68.6. The lowest BCUT2D eigenvalue weighted by molar-refractivity contribution is 0.0914. The molecule has 1 aliphatic rings. The van der Waals surface area contributed by atoms with E-state index in [0.29, 0.717) is 51.6 Å². The lowest BCUT2D eigenvalue weighted by atomic mass is 10.1. The van der Waals surface area contributed by atoms with Crippen molar-refractivity contribution in [3.63, 3.8) is 0 Å². The molecule has 2 unspecified atom stereocenters. The molecule has 46 heavy (non-hydrogen) atoms.